The molecule has 3 heterocycles. The first-order chi connectivity index (χ1) is 15.5. The Morgan fingerprint density at radius 3 is 2.81 bits per heavy atom. The molecule has 0 bridgehead atoms. The van der Waals surface area contributed by atoms with E-state index >= 15 is 0 Å². The van der Waals surface area contributed by atoms with Gasteiger partial charge in [-0.05, 0) is 23.8 Å². The van der Waals surface area contributed by atoms with Gasteiger partial charge in [-0.15, -0.1) is 16.9 Å². The van der Waals surface area contributed by atoms with Crippen LogP contribution in [0.25, 0.3) is 10.9 Å². The fourth-order valence-corrected chi connectivity index (χ4v) is 4.94. The fraction of sp³-hybridized carbons (Fsp3) is 0.217. The second kappa shape index (κ2) is 8.16. The Labute approximate surface area is 189 Å². The van der Waals surface area contributed by atoms with Crippen molar-refractivity contribution in [2.24, 2.45) is 7.05 Å². The third-order valence-corrected chi connectivity index (χ3v) is 6.73. The van der Waals surface area contributed by atoms with E-state index < -0.39 is 11.9 Å². The van der Waals surface area contributed by atoms with E-state index in [2.05, 4.69) is 26.0 Å². The summed E-state index contributed by atoms with van der Waals surface area (Å²) >= 11 is 1.56. The number of hydrogen-bond acceptors (Lipinski definition) is 5. The first kappa shape index (κ1) is 20.3. The van der Waals surface area contributed by atoms with Crippen LogP contribution in [0.5, 0.6) is 0 Å². The van der Waals surface area contributed by atoms with Gasteiger partial charge in [-0.1, -0.05) is 30.3 Å². The van der Waals surface area contributed by atoms with Crippen molar-refractivity contribution in [3.63, 3.8) is 0 Å². The Kier molecular flexibility index (Phi) is 5.18. The molecule has 8 nitrogen and oxygen atoms in total. The summed E-state index contributed by atoms with van der Waals surface area (Å²) in [6, 6.07) is 15.3. The number of likely N-dealkylation sites (N-methyl/N-ethyl adjacent to an activating group) is 1. The molecular formula is C23H22N6O2S. The largest absolute Gasteiger partial charge is 0.351 e. The van der Waals surface area contributed by atoms with Gasteiger partial charge in [0.25, 0.3) is 5.91 Å². The molecule has 0 saturated carbocycles. The van der Waals surface area contributed by atoms with Gasteiger partial charge in [0.05, 0.1) is 12.2 Å². The van der Waals surface area contributed by atoms with Crippen LogP contribution in [0.2, 0.25) is 0 Å². The van der Waals surface area contributed by atoms with Crippen molar-refractivity contribution in [1.29, 1.82) is 0 Å². The standard InChI is InChI=1S/C23H22N6O2S/c1-27-9-8-16-10-19-20(11-18(16)27)32-13-17(23(31)28(19)2)25-22(30)21-24-14-29(26-21)12-15-6-4-3-5-7-15/h3-11,14,17H,12-13H2,1-2H3,(H,25,30)/t17-/m0/s1. The molecule has 0 radical (unpaired) electrons. The molecule has 32 heavy (non-hydrogen) atoms. The van der Waals surface area contributed by atoms with Crippen LogP contribution in [0.1, 0.15) is 16.2 Å². The molecular weight excluding hydrogens is 424 g/mol. The predicted molar refractivity (Wildman–Crippen MR) is 124 cm³/mol. The number of fused-ring (bicyclic) bond motifs is 2. The van der Waals surface area contributed by atoms with Gasteiger partial charge < -0.3 is 14.8 Å². The number of aromatic nitrogens is 4. The Morgan fingerprint density at radius 1 is 1.19 bits per heavy atom. The number of aryl methyl sites for hydroxylation is 1. The third kappa shape index (κ3) is 3.75. The molecule has 0 unspecified atom stereocenters. The molecule has 1 atom stereocenters. The minimum atomic E-state index is -0.672. The SMILES string of the molecule is CN1C(=O)[C@@H](NC(=O)c2ncn(Cc3ccccc3)n2)CSc2cc3c(ccn3C)cc21. The number of nitrogens with zero attached hydrogens (tertiary/aromatic N) is 5. The fourth-order valence-electron chi connectivity index (χ4n) is 3.83. The topological polar surface area (TPSA) is 85.1 Å². The van der Waals surface area contributed by atoms with E-state index in [0.717, 1.165) is 27.0 Å². The number of benzene rings is 2. The molecule has 2 aromatic heterocycles. The molecule has 0 saturated heterocycles. The predicted octanol–water partition coefficient (Wildman–Crippen LogP) is 2.69. The molecule has 9 heteroatoms. The van der Waals surface area contributed by atoms with Gasteiger partial charge in [0.2, 0.25) is 11.7 Å². The van der Waals surface area contributed by atoms with Gasteiger partial charge in [-0.25, -0.2) is 9.67 Å². The second-order valence-electron chi connectivity index (χ2n) is 7.79. The van der Waals surface area contributed by atoms with Crippen LogP contribution in [0.3, 0.4) is 0 Å². The molecule has 2 aromatic carbocycles. The summed E-state index contributed by atoms with van der Waals surface area (Å²) in [5, 5.41) is 8.17. The summed E-state index contributed by atoms with van der Waals surface area (Å²) in [4.78, 5) is 32.6. The molecule has 1 aliphatic rings. The maximum atomic E-state index is 13.1. The number of carbonyl (C=O) groups excluding carboxylic acids is 2. The highest BCUT2D eigenvalue weighted by atomic mass is 32.2. The smallest absolute Gasteiger partial charge is 0.291 e. The lowest BCUT2D eigenvalue weighted by molar-refractivity contribution is -0.119. The average molecular weight is 447 g/mol. The number of anilines is 1. The Balaban J connectivity index is 1.32. The molecule has 4 aromatic rings. The molecule has 162 valence electrons. The average Bonchev–Trinajstić information content (AvgIpc) is 3.39. The second-order valence-corrected chi connectivity index (χ2v) is 8.85. The number of amides is 2. The summed E-state index contributed by atoms with van der Waals surface area (Å²) in [6.45, 7) is 0.519. The van der Waals surface area contributed by atoms with E-state index in [9.17, 15) is 9.59 Å². The Bertz CT molecular complexity index is 1310. The Morgan fingerprint density at radius 2 is 2.00 bits per heavy atom. The highest BCUT2D eigenvalue weighted by Crippen LogP contribution is 2.37. The van der Waals surface area contributed by atoms with E-state index in [0.29, 0.717) is 12.3 Å². The molecule has 1 N–H and O–H groups in total. The maximum Gasteiger partial charge on any atom is 0.291 e. The minimum absolute atomic E-state index is 0.0499. The third-order valence-electron chi connectivity index (χ3n) is 5.59. The van der Waals surface area contributed by atoms with Gasteiger partial charge in [-0.3, -0.25) is 9.59 Å². The van der Waals surface area contributed by atoms with Crippen molar-refractivity contribution < 1.29 is 9.59 Å². The molecule has 0 spiro atoms. The monoisotopic (exact) mass is 446 g/mol. The summed E-state index contributed by atoms with van der Waals surface area (Å²) in [5.74, 6) is -0.138. The number of carbonyl (C=O) groups is 2. The van der Waals surface area contributed by atoms with Gasteiger partial charge in [0, 0.05) is 41.8 Å². The van der Waals surface area contributed by atoms with Crippen molar-refractivity contribution in [3.8, 4) is 0 Å². The van der Waals surface area contributed by atoms with E-state index in [1.807, 2.05) is 55.7 Å². The maximum absolute atomic E-state index is 13.1. The highest BCUT2D eigenvalue weighted by molar-refractivity contribution is 7.99. The summed E-state index contributed by atoms with van der Waals surface area (Å²) in [7, 11) is 3.74. The number of rotatable bonds is 4. The zero-order chi connectivity index (χ0) is 22.2. The van der Waals surface area contributed by atoms with Gasteiger partial charge >= 0.3 is 0 Å². The molecule has 2 amide bonds. The Hall–Kier alpha value is -3.59. The van der Waals surface area contributed by atoms with Crippen LogP contribution in [-0.4, -0.2) is 50.0 Å². The van der Waals surface area contributed by atoms with Crippen LogP contribution >= 0.6 is 11.8 Å². The van der Waals surface area contributed by atoms with Gasteiger partial charge in [0.1, 0.15) is 12.4 Å². The summed E-state index contributed by atoms with van der Waals surface area (Å²) < 4.78 is 3.67. The molecule has 0 aliphatic carbocycles. The lowest BCUT2D eigenvalue weighted by atomic mass is 10.2. The molecule has 1 aliphatic heterocycles. The minimum Gasteiger partial charge on any atom is -0.351 e. The zero-order valence-electron chi connectivity index (χ0n) is 17.7. The lowest BCUT2D eigenvalue weighted by Crippen LogP contribution is -2.48. The van der Waals surface area contributed by atoms with E-state index in [1.165, 1.54) is 6.33 Å². The van der Waals surface area contributed by atoms with Crippen molar-refractivity contribution >= 4 is 40.2 Å². The molecule has 0 fully saturated rings. The van der Waals surface area contributed by atoms with E-state index in [4.69, 9.17) is 0 Å². The van der Waals surface area contributed by atoms with Crippen molar-refractivity contribution in [2.45, 2.75) is 17.5 Å². The number of thioether (sulfide) groups is 1. The van der Waals surface area contributed by atoms with Crippen molar-refractivity contribution in [1.82, 2.24) is 24.6 Å². The van der Waals surface area contributed by atoms with Crippen LogP contribution in [0, 0.1) is 0 Å². The normalized spacial score (nSPS) is 16.1. The van der Waals surface area contributed by atoms with Gasteiger partial charge in [-0.2, -0.15) is 0 Å². The highest BCUT2D eigenvalue weighted by Gasteiger charge is 2.31. The van der Waals surface area contributed by atoms with Crippen LogP contribution in [0.4, 0.5) is 5.69 Å². The van der Waals surface area contributed by atoms with E-state index in [-0.39, 0.29) is 11.7 Å². The zero-order valence-corrected chi connectivity index (χ0v) is 18.5. The van der Waals surface area contributed by atoms with Crippen LogP contribution < -0.4 is 10.2 Å². The van der Waals surface area contributed by atoms with Gasteiger partial charge in [0.15, 0.2) is 0 Å². The first-order valence-corrected chi connectivity index (χ1v) is 11.2. The van der Waals surface area contributed by atoms with Crippen molar-refractivity contribution in [3.05, 3.63) is 72.4 Å². The number of hydrogen-bond donors (Lipinski definition) is 1. The van der Waals surface area contributed by atoms with Crippen LogP contribution in [0.15, 0.2) is 66.0 Å². The van der Waals surface area contributed by atoms with Crippen LogP contribution in [-0.2, 0) is 18.4 Å². The lowest BCUT2D eigenvalue weighted by Gasteiger charge is -2.21. The summed E-state index contributed by atoms with van der Waals surface area (Å²) in [5.41, 5.74) is 3.01. The first-order valence-electron chi connectivity index (χ1n) is 10.2. The molecule has 5 rings (SSSR count). The van der Waals surface area contributed by atoms with Crippen molar-refractivity contribution in [2.75, 3.05) is 17.7 Å². The van der Waals surface area contributed by atoms with E-state index in [1.54, 1.807) is 28.4 Å². The quantitative estimate of drug-likeness (QED) is 0.521. The number of nitrogens with one attached hydrogen (secondary N) is 1. The summed E-state index contributed by atoms with van der Waals surface area (Å²) in [6.07, 6.45) is 3.53.